The molecule has 0 aliphatic carbocycles. The van der Waals surface area contributed by atoms with E-state index in [-0.39, 0.29) is 6.61 Å². The molecule has 1 fully saturated rings. The molecule has 1 unspecified atom stereocenters. The van der Waals surface area contributed by atoms with E-state index < -0.39 is 0 Å². The monoisotopic (exact) mass is 393 g/mol. The van der Waals surface area contributed by atoms with Gasteiger partial charge in [0.25, 0.3) is 0 Å². The summed E-state index contributed by atoms with van der Waals surface area (Å²) in [7, 11) is 0. The highest BCUT2D eigenvalue weighted by molar-refractivity contribution is 5.92. The zero-order valence-corrected chi connectivity index (χ0v) is 16.7. The Morgan fingerprint density at radius 1 is 1.28 bits per heavy atom. The number of aromatic nitrogens is 1. The number of benzene rings is 2. The molecule has 6 heteroatoms. The number of pyridine rings is 1. The molecule has 2 N–H and O–H groups in total. The first-order valence-electron chi connectivity index (χ1n) is 10.1. The van der Waals surface area contributed by atoms with E-state index in [1.54, 1.807) is 12.4 Å². The Kier molecular flexibility index (Phi) is 5.83. The van der Waals surface area contributed by atoms with Crippen LogP contribution in [0.1, 0.15) is 17.5 Å². The molecule has 0 bridgehead atoms. The normalized spacial score (nSPS) is 17.0. The van der Waals surface area contributed by atoms with Crippen molar-refractivity contribution in [3.8, 4) is 5.75 Å². The third-order valence-corrected chi connectivity index (χ3v) is 5.43. The molecule has 0 spiro atoms. The molecule has 6 nitrogen and oxygen atoms in total. The van der Waals surface area contributed by atoms with E-state index in [1.165, 1.54) is 5.56 Å². The number of likely N-dealkylation sites (tertiary alicyclic amines) is 1. The first kappa shape index (κ1) is 19.5. The topological polar surface area (TPSA) is 71.7 Å². The van der Waals surface area contributed by atoms with Gasteiger partial charge < -0.3 is 20.4 Å². The number of aryl methyl sites for hydroxylation is 1. The summed E-state index contributed by atoms with van der Waals surface area (Å²) in [5.41, 5.74) is 3.37. The van der Waals surface area contributed by atoms with Crippen LogP contribution in [0.15, 0.2) is 54.9 Å². The van der Waals surface area contributed by atoms with Crippen molar-refractivity contribution in [2.75, 3.05) is 31.6 Å². The standard InChI is InChI=1S/C23H27N3O3/c1-17-5-6-18(13-23(17)29-12-11-27)14-25-9-7-20(16-25)24-22-4-2-3-19-15-26(28)10-8-21(19)22/h2-6,8,10,13,15,20,24,27H,7,9,11-12,14,16H2,1H3. The van der Waals surface area contributed by atoms with Crippen molar-refractivity contribution in [1.29, 1.82) is 0 Å². The van der Waals surface area contributed by atoms with Crippen molar-refractivity contribution in [2.24, 2.45) is 0 Å². The van der Waals surface area contributed by atoms with Crippen LogP contribution in [0.4, 0.5) is 5.69 Å². The van der Waals surface area contributed by atoms with Crippen LogP contribution in [-0.4, -0.2) is 42.4 Å². The minimum atomic E-state index is 0.0200. The molecule has 3 aromatic rings. The lowest BCUT2D eigenvalue weighted by Gasteiger charge is -2.19. The van der Waals surface area contributed by atoms with Gasteiger partial charge in [-0.15, -0.1) is 0 Å². The van der Waals surface area contributed by atoms with Gasteiger partial charge in [-0.05, 0) is 42.7 Å². The van der Waals surface area contributed by atoms with Crippen molar-refractivity contribution >= 4 is 16.5 Å². The predicted molar refractivity (Wildman–Crippen MR) is 114 cm³/mol. The zero-order valence-electron chi connectivity index (χ0n) is 16.7. The lowest BCUT2D eigenvalue weighted by Crippen LogP contribution is -2.26. The molecule has 0 saturated carbocycles. The van der Waals surface area contributed by atoms with Gasteiger partial charge in [-0.2, -0.15) is 4.73 Å². The van der Waals surface area contributed by atoms with Crippen LogP contribution in [0.3, 0.4) is 0 Å². The molecule has 1 aromatic heterocycles. The highest BCUT2D eigenvalue weighted by Crippen LogP contribution is 2.26. The number of rotatable bonds is 7. The molecule has 1 atom stereocenters. The predicted octanol–water partition coefficient (Wildman–Crippen LogP) is 2.84. The molecule has 0 radical (unpaired) electrons. The fourth-order valence-electron chi connectivity index (χ4n) is 3.96. The molecule has 4 rings (SSSR count). The molecule has 1 saturated heterocycles. The fraction of sp³-hybridized carbons (Fsp3) is 0.348. The van der Waals surface area contributed by atoms with Gasteiger partial charge in [0.15, 0.2) is 12.4 Å². The van der Waals surface area contributed by atoms with Gasteiger partial charge in [0.2, 0.25) is 0 Å². The van der Waals surface area contributed by atoms with E-state index in [4.69, 9.17) is 9.84 Å². The number of nitrogens with one attached hydrogen (secondary N) is 1. The number of fused-ring (bicyclic) bond motifs is 1. The van der Waals surface area contributed by atoms with Crippen molar-refractivity contribution in [1.82, 2.24) is 4.90 Å². The summed E-state index contributed by atoms with van der Waals surface area (Å²) >= 11 is 0. The number of nitrogens with zero attached hydrogens (tertiary/aromatic N) is 2. The zero-order chi connectivity index (χ0) is 20.2. The summed E-state index contributed by atoms with van der Waals surface area (Å²) in [5, 5.41) is 26.2. The Hall–Kier alpha value is -2.83. The van der Waals surface area contributed by atoms with Crippen LogP contribution in [-0.2, 0) is 6.54 Å². The van der Waals surface area contributed by atoms with Crippen LogP contribution < -0.4 is 14.8 Å². The minimum absolute atomic E-state index is 0.0200. The van der Waals surface area contributed by atoms with E-state index in [2.05, 4.69) is 34.5 Å². The highest BCUT2D eigenvalue weighted by atomic mass is 16.5. The lowest BCUT2D eigenvalue weighted by atomic mass is 10.1. The molecule has 0 amide bonds. The smallest absolute Gasteiger partial charge is 0.188 e. The Labute approximate surface area is 170 Å². The quantitative estimate of drug-likeness (QED) is 0.477. The molecular formula is C23H27N3O3. The first-order chi connectivity index (χ1) is 14.1. The highest BCUT2D eigenvalue weighted by Gasteiger charge is 2.23. The van der Waals surface area contributed by atoms with E-state index in [0.29, 0.717) is 12.6 Å². The van der Waals surface area contributed by atoms with Crippen LogP contribution in [0.5, 0.6) is 5.75 Å². The second-order valence-electron chi connectivity index (χ2n) is 7.65. The number of hydrogen-bond donors (Lipinski definition) is 2. The Balaban J connectivity index is 1.40. The summed E-state index contributed by atoms with van der Waals surface area (Å²) in [5.74, 6) is 0.844. The number of aliphatic hydroxyl groups excluding tert-OH is 1. The SMILES string of the molecule is Cc1ccc(CN2CCC(Nc3cccc4c[n+]([O-])ccc34)C2)cc1OCCO. The molecular weight excluding hydrogens is 366 g/mol. The summed E-state index contributed by atoms with van der Waals surface area (Å²) < 4.78 is 6.47. The lowest BCUT2D eigenvalue weighted by molar-refractivity contribution is -0.603. The van der Waals surface area contributed by atoms with Gasteiger partial charge >= 0.3 is 0 Å². The minimum Gasteiger partial charge on any atom is -0.619 e. The molecule has 2 aromatic carbocycles. The van der Waals surface area contributed by atoms with Crippen LogP contribution >= 0.6 is 0 Å². The summed E-state index contributed by atoms with van der Waals surface area (Å²) in [6.45, 7) is 5.23. The van der Waals surface area contributed by atoms with E-state index >= 15 is 0 Å². The summed E-state index contributed by atoms with van der Waals surface area (Å²) in [6, 6.07) is 14.6. The second kappa shape index (κ2) is 8.68. The second-order valence-corrected chi connectivity index (χ2v) is 7.65. The van der Waals surface area contributed by atoms with Crippen LogP contribution in [0.25, 0.3) is 10.8 Å². The van der Waals surface area contributed by atoms with Gasteiger partial charge in [0.1, 0.15) is 12.4 Å². The average Bonchev–Trinajstić information content (AvgIpc) is 3.15. The fourth-order valence-corrected chi connectivity index (χ4v) is 3.96. The van der Waals surface area contributed by atoms with Crippen LogP contribution in [0, 0.1) is 12.1 Å². The molecule has 1 aliphatic rings. The maximum Gasteiger partial charge on any atom is 0.188 e. The number of anilines is 1. The third-order valence-electron chi connectivity index (χ3n) is 5.43. The van der Waals surface area contributed by atoms with Crippen molar-refractivity contribution in [3.05, 3.63) is 71.2 Å². The van der Waals surface area contributed by atoms with Crippen LogP contribution in [0.2, 0.25) is 0 Å². The molecule has 2 heterocycles. The summed E-state index contributed by atoms with van der Waals surface area (Å²) in [6.07, 6.45) is 4.22. The Bertz CT molecular complexity index is 992. The Morgan fingerprint density at radius 2 is 2.17 bits per heavy atom. The van der Waals surface area contributed by atoms with Crippen molar-refractivity contribution < 1.29 is 14.6 Å². The molecule has 29 heavy (non-hydrogen) atoms. The van der Waals surface area contributed by atoms with E-state index in [9.17, 15) is 5.21 Å². The first-order valence-corrected chi connectivity index (χ1v) is 10.1. The maximum absolute atomic E-state index is 11.5. The van der Waals surface area contributed by atoms with Gasteiger partial charge in [0.05, 0.1) is 6.61 Å². The maximum atomic E-state index is 11.5. The van der Waals surface area contributed by atoms with Gasteiger partial charge in [-0.1, -0.05) is 18.2 Å². The van der Waals surface area contributed by atoms with Crippen molar-refractivity contribution in [2.45, 2.75) is 25.9 Å². The molecule has 1 aliphatic heterocycles. The number of hydrogen-bond acceptors (Lipinski definition) is 5. The van der Waals surface area contributed by atoms with Crippen molar-refractivity contribution in [3.63, 3.8) is 0 Å². The average molecular weight is 393 g/mol. The third kappa shape index (κ3) is 4.60. The number of ether oxygens (including phenoxy) is 1. The molecule has 152 valence electrons. The van der Waals surface area contributed by atoms with Gasteiger partial charge in [-0.25, -0.2) is 0 Å². The largest absolute Gasteiger partial charge is 0.619 e. The van der Waals surface area contributed by atoms with Gasteiger partial charge in [-0.3, -0.25) is 4.90 Å². The Morgan fingerprint density at radius 3 is 3.03 bits per heavy atom. The van der Waals surface area contributed by atoms with E-state index in [1.807, 2.05) is 25.1 Å². The van der Waals surface area contributed by atoms with E-state index in [0.717, 1.165) is 58.6 Å². The van der Waals surface area contributed by atoms with Gasteiger partial charge in [0, 0.05) is 48.2 Å². The summed E-state index contributed by atoms with van der Waals surface area (Å²) in [4.78, 5) is 2.44. The number of aliphatic hydroxyl groups is 1.